The zero-order valence-electron chi connectivity index (χ0n) is 20.4. The van der Waals surface area contributed by atoms with Crippen molar-refractivity contribution in [3.63, 3.8) is 0 Å². The molecule has 0 unspecified atom stereocenters. The molecule has 0 aliphatic carbocycles. The molecule has 186 valence electrons. The number of carbonyl (C=O) groups excluding carboxylic acids is 3. The number of carbonyl (C=O) groups is 3. The molecule has 3 heterocycles. The fraction of sp³-hybridized carbons (Fsp3) is 0.333. The average molecular weight is 489 g/mol. The quantitative estimate of drug-likeness (QED) is 0.491. The molecule has 0 radical (unpaired) electrons. The Kier molecular flexibility index (Phi) is 6.45. The predicted octanol–water partition coefficient (Wildman–Crippen LogP) is 3.43. The highest BCUT2D eigenvalue weighted by Gasteiger charge is 2.35. The largest absolute Gasteiger partial charge is 0.497 e. The third kappa shape index (κ3) is 4.32. The van der Waals surface area contributed by atoms with Crippen LogP contribution in [0, 0.1) is 0 Å². The lowest BCUT2D eigenvalue weighted by Crippen LogP contribution is -2.39. The number of aromatic nitrogens is 2. The van der Waals surface area contributed by atoms with Crippen molar-refractivity contribution in [2.45, 2.75) is 26.2 Å². The number of esters is 1. The lowest BCUT2D eigenvalue weighted by atomic mass is 10.0. The van der Waals surface area contributed by atoms with Gasteiger partial charge in [-0.05, 0) is 68.3 Å². The normalized spacial score (nSPS) is 15.6. The Hall–Kier alpha value is -4.14. The van der Waals surface area contributed by atoms with Crippen LogP contribution >= 0.6 is 0 Å². The summed E-state index contributed by atoms with van der Waals surface area (Å²) >= 11 is 0. The molecule has 0 N–H and O–H groups in total. The zero-order valence-corrected chi connectivity index (χ0v) is 20.4. The Morgan fingerprint density at radius 2 is 1.64 bits per heavy atom. The fourth-order valence-corrected chi connectivity index (χ4v) is 4.78. The standard InChI is InChI=1S/C27H28N4O5/c1-3-36-27(34)24-23-14-16-30(19-8-6-18(7-9-19)29-15-4-5-21(32)17-29)26(33)25(23)31(28-24)20-10-12-22(35-2)13-11-20/h6-13H,3-5,14-17H2,1-2H3. The topological polar surface area (TPSA) is 94.0 Å². The maximum absolute atomic E-state index is 13.8. The minimum absolute atomic E-state index is 0.167. The van der Waals surface area contributed by atoms with Gasteiger partial charge in [0.15, 0.2) is 11.5 Å². The molecule has 9 heteroatoms. The van der Waals surface area contributed by atoms with E-state index < -0.39 is 5.97 Å². The van der Waals surface area contributed by atoms with Crippen LogP contribution in [0.5, 0.6) is 5.75 Å². The summed E-state index contributed by atoms with van der Waals surface area (Å²) in [4.78, 5) is 42.1. The number of anilines is 2. The van der Waals surface area contributed by atoms with Gasteiger partial charge in [0, 0.05) is 36.4 Å². The van der Waals surface area contributed by atoms with Crippen LogP contribution in [-0.4, -0.2) is 60.8 Å². The number of ketones is 1. The number of fused-ring (bicyclic) bond motifs is 1. The van der Waals surface area contributed by atoms with Gasteiger partial charge in [-0.3, -0.25) is 9.59 Å². The van der Waals surface area contributed by atoms with Crippen molar-refractivity contribution in [1.29, 1.82) is 0 Å². The van der Waals surface area contributed by atoms with E-state index in [1.807, 2.05) is 24.3 Å². The van der Waals surface area contributed by atoms with Crippen molar-refractivity contribution >= 4 is 29.0 Å². The van der Waals surface area contributed by atoms with Gasteiger partial charge >= 0.3 is 5.97 Å². The van der Waals surface area contributed by atoms with Crippen LogP contribution in [0.3, 0.4) is 0 Å². The summed E-state index contributed by atoms with van der Waals surface area (Å²) in [6, 6.07) is 14.8. The van der Waals surface area contributed by atoms with Crippen molar-refractivity contribution in [3.05, 3.63) is 65.5 Å². The van der Waals surface area contributed by atoms with Gasteiger partial charge in [-0.1, -0.05) is 0 Å². The highest BCUT2D eigenvalue weighted by molar-refractivity contribution is 6.09. The SMILES string of the molecule is CCOC(=O)c1nn(-c2ccc(OC)cc2)c2c1CCN(c1ccc(N3CCCC(=O)C3)cc1)C2=O. The van der Waals surface area contributed by atoms with E-state index in [-0.39, 0.29) is 24.0 Å². The Morgan fingerprint density at radius 3 is 2.31 bits per heavy atom. The van der Waals surface area contributed by atoms with Gasteiger partial charge in [-0.2, -0.15) is 5.10 Å². The first-order valence-corrected chi connectivity index (χ1v) is 12.1. The van der Waals surface area contributed by atoms with Gasteiger partial charge in [0.2, 0.25) is 0 Å². The number of piperidine rings is 1. The fourth-order valence-electron chi connectivity index (χ4n) is 4.78. The number of methoxy groups -OCH3 is 1. The number of hydrogen-bond acceptors (Lipinski definition) is 7. The Morgan fingerprint density at radius 1 is 0.944 bits per heavy atom. The van der Waals surface area contributed by atoms with E-state index in [1.54, 1.807) is 43.2 Å². The first-order valence-electron chi connectivity index (χ1n) is 12.1. The second-order valence-electron chi connectivity index (χ2n) is 8.79. The number of rotatable bonds is 6. The van der Waals surface area contributed by atoms with E-state index in [4.69, 9.17) is 9.47 Å². The third-order valence-electron chi connectivity index (χ3n) is 6.58. The van der Waals surface area contributed by atoms with Crippen molar-refractivity contribution in [2.24, 2.45) is 0 Å². The Bertz CT molecular complexity index is 1300. The molecule has 0 bridgehead atoms. The summed E-state index contributed by atoms with van der Waals surface area (Å²) in [6.45, 7) is 3.63. The van der Waals surface area contributed by atoms with Crippen LogP contribution in [0.1, 0.15) is 46.3 Å². The number of ether oxygens (including phenoxy) is 2. The lowest BCUT2D eigenvalue weighted by molar-refractivity contribution is -0.118. The molecular formula is C27H28N4O5. The highest BCUT2D eigenvalue weighted by atomic mass is 16.5. The second kappa shape index (κ2) is 9.85. The average Bonchev–Trinajstić information content (AvgIpc) is 3.30. The third-order valence-corrected chi connectivity index (χ3v) is 6.58. The van der Waals surface area contributed by atoms with Gasteiger partial charge in [0.1, 0.15) is 11.4 Å². The van der Waals surface area contributed by atoms with Crippen LogP contribution in [0.2, 0.25) is 0 Å². The van der Waals surface area contributed by atoms with Crippen LogP contribution in [-0.2, 0) is 16.0 Å². The number of amides is 1. The minimum atomic E-state index is -0.539. The van der Waals surface area contributed by atoms with E-state index in [2.05, 4.69) is 10.00 Å². The summed E-state index contributed by atoms with van der Waals surface area (Å²) < 4.78 is 12.0. The molecule has 0 saturated carbocycles. The molecule has 1 amide bonds. The van der Waals surface area contributed by atoms with Crippen molar-refractivity contribution in [2.75, 3.05) is 43.2 Å². The summed E-state index contributed by atoms with van der Waals surface area (Å²) in [5.74, 6) is 0.140. The summed E-state index contributed by atoms with van der Waals surface area (Å²) in [5.41, 5.74) is 3.46. The van der Waals surface area contributed by atoms with E-state index in [0.29, 0.717) is 48.6 Å². The molecule has 0 atom stereocenters. The van der Waals surface area contributed by atoms with Crippen molar-refractivity contribution in [3.8, 4) is 11.4 Å². The molecule has 2 aliphatic heterocycles. The van der Waals surface area contributed by atoms with E-state index in [0.717, 1.165) is 24.3 Å². The van der Waals surface area contributed by atoms with Crippen molar-refractivity contribution in [1.82, 2.24) is 9.78 Å². The van der Waals surface area contributed by atoms with Gasteiger partial charge in [-0.15, -0.1) is 0 Å². The number of nitrogens with zero attached hydrogens (tertiary/aromatic N) is 4. The molecule has 2 aromatic carbocycles. The Balaban J connectivity index is 1.49. The molecule has 0 spiro atoms. The summed E-state index contributed by atoms with van der Waals surface area (Å²) in [6.07, 6.45) is 1.95. The molecule has 1 saturated heterocycles. The van der Waals surface area contributed by atoms with Crippen LogP contribution in [0.25, 0.3) is 5.69 Å². The lowest BCUT2D eigenvalue weighted by Gasteiger charge is -2.30. The maximum atomic E-state index is 13.8. The molecular weight excluding hydrogens is 460 g/mol. The van der Waals surface area contributed by atoms with E-state index >= 15 is 0 Å². The minimum Gasteiger partial charge on any atom is -0.497 e. The second-order valence-corrected chi connectivity index (χ2v) is 8.79. The molecule has 2 aliphatic rings. The van der Waals surface area contributed by atoms with Crippen molar-refractivity contribution < 1.29 is 23.9 Å². The first-order chi connectivity index (χ1) is 17.5. The van der Waals surface area contributed by atoms with Crippen LogP contribution in [0.15, 0.2) is 48.5 Å². The van der Waals surface area contributed by atoms with E-state index in [1.165, 1.54) is 4.68 Å². The maximum Gasteiger partial charge on any atom is 0.359 e. The van der Waals surface area contributed by atoms with E-state index in [9.17, 15) is 14.4 Å². The smallest absolute Gasteiger partial charge is 0.359 e. The van der Waals surface area contributed by atoms with Gasteiger partial charge in [0.05, 0.1) is 25.9 Å². The molecule has 5 rings (SSSR count). The van der Waals surface area contributed by atoms with Gasteiger partial charge in [-0.25, -0.2) is 9.48 Å². The van der Waals surface area contributed by atoms with Crippen LogP contribution < -0.4 is 14.5 Å². The zero-order chi connectivity index (χ0) is 25.2. The van der Waals surface area contributed by atoms with Gasteiger partial charge < -0.3 is 19.3 Å². The number of hydrogen-bond donors (Lipinski definition) is 0. The highest BCUT2D eigenvalue weighted by Crippen LogP contribution is 2.31. The summed E-state index contributed by atoms with van der Waals surface area (Å²) in [5, 5.41) is 4.51. The Labute approximate surface area is 209 Å². The predicted molar refractivity (Wildman–Crippen MR) is 134 cm³/mol. The first kappa shape index (κ1) is 23.6. The summed E-state index contributed by atoms with van der Waals surface area (Å²) in [7, 11) is 1.58. The number of benzene rings is 2. The molecule has 1 aromatic heterocycles. The molecule has 3 aromatic rings. The van der Waals surface area contributed by atoms with Gasteiger partial charge in [0.25, 0.3) is 5.91 Å². The number of Topliss-reactive ketones (excluding diaryl/α,β-unsaturated/α-hetero) is 1. The molecule has 9 nitrogen and oxygen atoms in total. The van der Waals surface area contributed by atoms with Crippen LogP contribution in [0.4, 0.5) is 11.4 Å². The molecule has 36 heavy (non-hydrogen) atoms. The molecule has 1 fully saturated rings. The monoisotopic (exact) mass is 488 g/mol.